The lowest BCUT2D eigenvalue weighted by atomic mass is 9.98. The second kappa shape index (κ2) is 16.0. The van der Waals surface area contributed by atoms with Gasteiger partial charge in [-0.2, -0.15) is 0 Å². The Bertz CT molecular complexity index is 680. The molecule has 36 heavy (non-hydrogen) atoms. The molecule has 1 fully saturated rings. The first kappa shape index (κ1) is 32.1. The molecule has 1 aliphatic rings. The Kier molecular flexibility index (Phi) is 14.3. The number of unbranched alkanes of at least 4 members (excludes halogenated alkanes) is 3. The van der Waals surface area contributed by atoms with E-state index in [4.69, 9.17) is 18.9 Å². The molecule has 1 aliphatic heterocycles. The summed E-state index contributed by atoms with van der Waals surface area (Å²) >= 11 is 0. The van der Waals surface area contributed by atoms with Crippen LogP contribution >= 0.6 is 0 Å². The number of ether oxygens (including phenoxy) is 4. The summed E-state index contributed by atoms with van der Waals surface area (Å²) in [4.78, 5) is 38.5. The topological polar surface area (TPSA) is 152 Å². The van der Waals surface area contributed by atoms with Crippen LogP contribution in [-0.2, 0) is 28.5 Å². The average Bonchev–Trinajstić information content (AvgIpc) is 2.79. The first-order chi connectivity index (χ1) is 16.9. The van der Waals surface area contributed by atoms with Crippen molar-refractivity contribution >= 4 is 18.0 Å². The van der Waals surface area contributed by atoms with Crippen molar-refractivity contribution in [2.24, 2.45) is 0 Å². The first-order valence-corrected chi connectivity index (χ1v) is 12.9. The summed E-state index contributed by atoms with van der Waals surface area (Å²) in [5.74, 6) is -1.27. The smallest absolute Gasteiger partial charge is 0.410 e. The molecule has 2 unspecified atom stereocenters. The fourth-order valence-corrected chi connectivity index (χ4v) is 3.66. The Labute approximate surface area is 214 Å². The van der Waals surface area contributed by atoms with E-state index < -0.39 is 54.9 Å². The number of aliphatic hydroxyl groups is 3. The Morgan fingerprint density at radius 2 is 1.47 bits per heavy atom. The molecular formula is C25H45NO10. The minimum atomic E-state index is -1.67. The second-order valence-electron chi connectivity index (χ2n) is 10.0. The molecule has 1 rings (SSSR count). The number of nitrogens with zero attached hydrogens (tertiary/aromatic N) is 1. The van der Waals surface area contributed by atoms with E-state index in [2.05, 4.69) is 0 Å². The molecule has 1 amide bonds. The molecular weight excluding hydrogens is 474 g/mol. The molecule has 5 atom stereocenters. The van der Waals surface area contributed by atoms with Gasteiger partial charge < -0.3 is 39.2 Å². The van der Waals surface area contributed by atoms with Crippen LogP contribution in [0.3, 0.4) is 0 Å². The molecule has 0 aromatic heterocycles. The molecule has 210 valence electrons. The van der Waals surface area contributed by atoms with E-state index in [0.717, 1.165) is 12.8 Å². The van der Waals surface area contributed by atoms with Gasteiger partial charge in [-0.15, -0.1) is 0 Å². The monoisotopic (exact) mass is 519 g/mol. The molecule has 0 saturated carbocycles. The van der Waals surface area contributed by atoms with Crippen molar-refractivity contribution in [2.75, 3.05) is 19.7 Å². The summed E-state index contributed by atoms with van der Waals surface area (Å²) in [6.45, 7) is 9.78. The van der Waals surface area contributed by atoms with Crippen LogP contribution < -0.4 is 0 Å². The van der Waals surface area contributed by atoms with E-state index in [1.807, 2.05) is 27.7 Å². The van der Waals surface area contributed by atoms with E-state index in [9.17, 15) is 29.7 Å². The largest absolute Gasteiger partial charge is 0.455 e. The van der Waals surface area contributed by atoms with Gasteiger partial charge in [-0.25, -0.2) is 4.79 Å². The van der Waals surface area contributed by atoms with Crippen LogP contribution in [0, 0.1) is 0 Å². The van der Waals surface area contributed by atoms with Gasteiger partial charge in [-0.1, -0.05) is 26.7 Å². The van der Waals surface area contributed by atoms with E-state index in [1.54, 1.807) is 11.8 Å². The Balaban J connectivity index is 2.58. The van der Waals surface area contributed by atoms with Gasteiger partial charge in [0.1, 0.15) is 17.8 Å². The SMILES string of the molecule is CCCCN(CCCCCC(=O)OC1[C@H](O)OC(CO)[C@H](O)[C@@H]1OC(=O)CCC)C(=O)OC(C)(C)C. The van der Waals surface area contributed by atoms with Crippen molar-refractivity contribution in [3.8, 4) is 0 Å². The Morgan fingerprint density at radius 3 is 2.06 bits per heavy atom. The lowest BCUT2D eigenvalue weighted by molar-refractivity contribution is -0.293. The number of carbonyl (C=O) groups is 3. The lowest BCUT2D eigenvalue weighted by Crippen LogP contribution is -2.61. The molecule has 1 heterocycles. The summed E-state index contributed by atoms with van der Waals surface area (Å²) in [5.41, 5.74) is -0.577. The molecule has 11 nitrogen and oxygen atoms in total. The van der Waals surface area contributed by atoms with Crippen LogP contribution in [0.1, 0.15) is 86.0 Å². The molecule has 1 saturated heterocycles. The summed E-state index contributed by atoms with van der Waals surface area (Å²) in [7, 11) is 0. The number of hydrogen-bond acceptors (Lipinski definition) is 10. The van der Waals surface area contributed by atoms with Crippen LogP contribution in [0.4, 0.5) is 4.79 Å². The highest BCUT2D eigenvalue weighted by molar-refractivity contribution is 5.71. The van der Waals surface area contributed by atoms with E-state index in [1.165, 1.54) is 0 Å². The summed E-state index contributed by atoms with van der Waals surface area (Å²) in [6, 6.07) is 0. The first-order valence-electron chi connectivity index (χ1n) is 12.9. The Morgan fingerprint density at radius 1 is 0.861 bits per heavy atom. The number of hydrogen-bond donors (Lipinski definition) is 3. The van der Waals surface area contributed by atoms with Gasteiger partial charge in [0.05, 0.1) is 6.61 Å². The molecule has 3 N–H and O–H groups in total. The number of rotatable bonds is 14. The molecule has 0 radical (unpaired) electrons. The van der Waals surface area contributed by atoms with Crippen molar-refractivity contribution in [1.29, 1.82) is 0 Å². The normalized spacial score (nSPS) is 24.2. The van der Waals surface area contributed by atoms with E-state index >= 15 is 0 Å². The number of esters is 2. The fourth-order valence-electron chi connectivity index (χ4n) is 3.66. The summed E-state index contributed by atoms with van der Waals surface area (Å²) in [6.07, 6.45) is -3.25. The maximum Gasteiger partial charge on any atom is 0.410 e. The highest BCUT2D eigenvalue weighted by Crippen LogP contribution is 2.26. The third-order valence-corrected chi connectivity index (χ3v) is 5.55. The summed E-state index contributed by atoms with van der Waals surface area (Å²) in [5, 5.41) is 30.0. The molecule has 0 aromatic rings. The molecule has 0 aliphatic carbocycles. The van der Waals surface area contributed by atoms with Crippen molar-refractivity contribution in [3.05, 3.63) is 0 Å². The minimum Gasteiger partial charge on any atom is -0.455 e. The van der Waals surface area contributed by atoms with Crippen molar-refractivity contribution in [3.63, 3.8) is 0 Å². The maximum atomic E-state index is 12.4. The highest BCUT2D eigenvalue weighted by atomic mass is 16.7. The van der Waals surface area contributed by atoms with Crippen molar-refractivity contribution in [1.82, 2.24) is 4.90 Å². The fraction of sp³-hybridized carbons (Fsp3) is 0.880. The second-order valence-corrected chi connectivity index (χ2v) is 10.0. The number of carbonyl (C=O) groups excluding carboxylic acids is 3. The standard InChI is InChI=1S/C25H45NO10/c1-6-8-14-26(24(32)36-25(3,4)5)15-11-9-10-13-19(29)35-22-21(34-18(28)12-7-2)20(30)17(16-27)33-23(22)31/h17,20-23,27,30-31H,6-16H2,1-5H3/t17?,20-,21-,22?,23+/m0/s1. The number of aliphatic hydroxyl groups excluding tert-OH is 3. The third kappa shape index (κ3) is 11.4. The zero-order valence-electron chi connectivity index (χ0n) is 22.3. The summed E-state index contributed by atoms with van der Waals surface area (Å²) < 4.78 is 21.2. The van der Waals surface area contributed by atoms with Gasteiger partial charge >= 0.3 is 18.0 Å². The maximum absolute atomic E-state index is 12.4. The quantitative estimate of drug-likeness (QED) is 0.177. The van der Waals surface area contributed by atoms with Crippen LogP contribution in [0.15, 0.2) is 0 Å². The van der Waals surface area contributed by atoms with Gasteiger partial charge in [0.25, 0.3) is 0 Å². The predicted octanol–water partition coefficient (Wildman–Crippen LogP) is 2.28. The van der Waals surface area contributed by atoms with Crippen molar-refractivity contribution in [2.45, 2.75) is 122 Å². The Hall–Kier alpha value is -1.95. The van der Waals surface area contributed by atoms with E-state index in [-0.39, 0.29) is 18.9 Å². The highest BCUT2D eigenvalue weighted by Gasteiger charge is 2.49. The van der Waals surface area contributed by atoms with Crippen LogP contribution in [0.25, 0.3) is 0 Å². The number of amides is 1. The van der Waals surface area contributed by atoms with Gasteiger partial charge in [0.2, 0.25) is 0 Å². The average molecular weight is 520 g/mol. The van der Waals surface area contributed by atoms with E-state index in [0.29, 0.717) is 38.8 Å². The molecule has 11 heteroatoms. The lowest BCUT2D eigenvalue weighted by Gasteiger charge is -2.41. The zero-order chi connectivity index (χ0) is 27.3. The van der Waals surface area contributed by atoms with Gasteiger partial charge in [0.15, 0.2) is 18.5 Å². The van der Waals surface area contributed by atoms with Gasteiger partial charge in [0, 0.05) is 25.9 Å². The molecule has 0 bridgehead atoms. The van der Waals surface area contributed by atoms with Crippen LogP contribution in [-0.4, -0.2) is 94.3 Å². The third-order valence-electron chi connectivity index (χ3n) is 5.55. The van der Waals surface area contributed by atoms with Crippen LogP contribution in [0.2, 0.25) is 0 Å². The minimum absolute atomic E-state index is 0.0275. The molecule has 0 spiro atoms. The van der Waals surface area contributed by atoms with Crippen molar-refractivity contribution < 1.29 is 48.7 Å². The zero-order valence-corrected chi connectivity index (χ0v) is 22.3. The predicted molar refractivity (Wildman–Crippen MR) is 130 cm³/mol. The van der Waals surface area contributed by atoms with Crippen LogP contribution in [0.5, 0.6) is 0 Å². The van der Waals surface area contributed by atoms with Gasteiger partial charge in [-0.3, -0.25) is 9.59 Å². The molecule has 0 aromatic carbocycles. The van der Waals surface area contributed by atoms with Gasteiger partial charge in [-0.05, 0) is 46.5 Å².